The van der Waals surface area contributed by atoms with Crippen LogP contribution in [0.15, 0.2) is 4.99 Å². The van der Waals surface area contributed by atoms with Gasteiger partial charge in [0.25, 0.3) is 0 Å². The van der Waals surface area contributed by atoms with Gasteiger partial charge in [0.2, 0.25) is 10.0 Å². The molecule has 1 saturated carbocycles. The van der Waals surface area contributed by atoms with Crippen molar-refractivity contribution >= 4 is 40.0 Å². The smallest absolute Gasteiger partial charge is 0.215 e. The fraction of sp³-hybridized carbons (Fsp3) is 0.933. The van der Waals surface area contributed by atoms with Crippen molar-refractivity contribution in [2.75, 3.05) is 31.9 Å². The molecular formula is C15H33IN4O2S. The van der Waals surface area contributed by atoms with Gasteiger partial charge in [0.05, 0.1) is 12.3 Å². The first-order chi connectivity index (χ1) is 10.5. The van der Waals surface area contributed by atoms with Gasteiger partial charge in [0.1, 0.15) is 0 Å². The summed E-state index contributed by atoms with van der Waals surface area (Å²) < 4.78 is 25.8. The van der Waals surface area contributed by atoms with Gasteiger partial charge < -0.3 is 10.6 Å². The number of hydrogen-bond acceptors (Lipinski definition) is 3. The van der Waals surface area contributed by atoms with E-state index in [1.165, 1.54) is 36.4 Å². The van der Waals surface area contributed by atoms with E-state index in [9.17, 15) is 8.42 Å². The molecule has 1 aliphatic carbocycles. The Labute approximate surface area is 159 Å². The molecule has 1 fully saturated rings. The molecule has 23 heavy (non-hydrogen) atoms. The predicted octanol–water partition coefficient (Wildman–Crippen LogP) is 2.16. The molecule has 8 heteroatoms. The molecular weight excluding hydrogens is 427 g/mol. The number of hydrogen-bond donors (Lipinski definition) is 2. The third-order valence-corrected chi connectivity index (χ3v) is 6.01. The Bertz CT molecular complexity index is 433. The number of nitrogens with zero attached hydrogens (tertiary/aromatic N) is 2. The summed E-state index contributed by atoms with van der Waals surface area (Å²) in [5, 5.41) is 6.63. The van der Waals surface area contributed by atoms with E-state index in [4.69, 9.17) is 0 Å². The van der Waals surface area contributed by atoms with Gasteiger partial charge in [0.15, 0.2) is 5.96 Å². The Kier molecular flexibility index (Phi) is 12.2. The molecule has 1 rings (SSSR count). The minimum absolute atomic E-state index is 0. The normalized spacial score (nSPS) is 17.0. The molecule has 0 heterocycles. The summed E-state index contributed by atoms with van der Waals surface area (Å²) in [5.74, 6) is 0.805. The monoisotopic (exact) mass is 460 g/mol. The molecule has 138 valence electrons. The molecule has 0 spiro atoms. The van der Waals surface area contributed by atoms with E-state index in [0.717, 1.165) is 12.5 Å². The Morgan fingerprint density at radius 2 is 1.74 bits per heavy atom. The molecule has 0 aliphatic heterocycles. The number of aliphatic imine (C=N–C) groups is 1. The molecule has 0 bridgehead atoms. The second-order valence-corrected chi connectivity index (χ2v) is 7.73. The van der Waals surface area contributed by atoms with Crippen molar-refractivity contribution in [3.8, 4) is 0 Å². The maximum Gasteiger partial charge on any atom is 0.215 e. The molecule has 0 amide bonds. The fourth-order valence-corrected chi connectivity index (χ4v) is 4.15. The van der Waals surface area contributed by atoms with Crippen LogP contribution in [0.4, 0.5) is 0 Å². The zero-order valence-electron chi connectivity index (χ0n) is 14.7. The molecule has 2 N–H and O–H groups in total. The van der Waals surface area contributed by atoms with Gasteiger partial charge in [-0.1, -0.05) is 33.1 Å². The second kappa shape index (κ2) is 12.3. The molecule has 0 aromatic rings. The van der Waals surface area contributed by atoms with E-state index in [-0.39, 0.29) is 29.7 Å². The van der Waals surface area contributed by atoms with Crippen molar-refractivity contribution in [1.29, 1.82) is 0 Å². The number of sulfonamides is 1. The lowest BCUT2D eigenvalue weighted by molar-refractivity contribution is 0.410. The first-order valence-electron chi connectivity index (χ1n) is 8.56. The van der Waals surface area contributed by atoms with Crippen LogP contribution in [0.25, 0.3) is 0 Å². The van der Waals surface area contributed by atoms with E-state index in [0.29, 0.717) is 25.7 Å². The van der Waals surface area contributed by atoms with Crippen LogP contribution in [0, 0.1) is 0 Å². The minimum atomic E-state index is -3.20. The Morgan fingerprint density at radius 3 is 2.26 bits per heavy atom. The van der Waals surface area contributed by atoms with Crippen molar-refractivity contribution < 1.29 is 8.42 Å². The van der Waals surface area contributed by atoms with Crippen LogP contribution in [-0.4, -0.2) is 56.7 Å². The van der Waals surface area contributed by atoms with Gasteiger partial charge in [-0.05, 0) is 19.8 Å². The summed E-state index contributed by atoms with van der Waals surface area (Å²) in [4.78, 5) is 4.43. The Hall–Kier alpha value is -0.0900. The fourth-order valence-electron chi connectivity index (χ4n) is 2.78. The maximum absolute atomic E-state index is 12.1. The molecule has 0 unspecified atom stereocenters. The largest absolute Gasteiger partial charge is 0.357 e. The zero-order valence-corrected chi connectivity index (χ0v) is 17.8. The lowest BCUT2D eigenvalue weighted by Gasteiger charge is -2.25. The molecule has 0 radical (unpaired) electrons. The Morgan fingerprint density at radius 1 is 1.13 bits per heavy atom. The Balaban J connectivity index is 0.00000484. The van der Waals surface area contributed by atoms with Crippen molar-refractivity contribution in [2.45, 2.75) is 58.9 Å². The summed E-state index contributed by atoms with van der Waals surface area (Å²) in [6.07, 6.45) is 6.17. The molecule has 1 aliphatic rings. The van der Waals surface area contributed by atoms with Gasteiger partial charge in [0, 0.05) is 25.7 Å². The third kappa shape index (κ3) is 8.53. The average Bonchev–Trinajstić information content (AvgIpc) is 2.49. The third-order valence-electron chi connectivity index (χ3n) is 4.01. The van der Waals surface area contributed by atoms with Gasteiger partial charge in [-0.15, -0.1) is 24.0 Å². The first kappa shape index (κ1) is 22.9. The van der Waals surface area contributed by atoms with Crippen molar-refractivity contribution in [3.63, 3.8) is 0 Å². The van der Waals surface area contributed by atoms with Crippen LogP contribution >= 0.6 is 24.0 Å². The predicted molar refractivity (Wildman–Crippen MR) is 108 cm³/mol. The molecule has 6 nitrogen and oxygen atoms in total. The highest BCUT2D eigenvalue weighted by Gasteiger charge is 2.18. The van der Waals surface area contributed by atoms with Crippen LogP contribution in [0.5, 0.6) is 0 Å². The minimum Gasteiger partial charge on any atom is -0.357 e. The van der Waals surface area contributed by atoms with E-state index in [1.807, 2.05) is 20.8 Å². The van der Waals surface area contributed by atoms with E-state index in [1.54, 1.807) is 0 Å². The lowest BCUT2D eigenvalue weighted by atomic mass is 9.96. The van der Waals surface area contributed by atoms with Crippen LogP contribution in [0.1, 0.15) is 52.9 Å². The van der Waals surface area contributed by atoms with Crippen LogP contribution in [0.2, 0.25) is 0 Å². The molecule has 0 aromatic carbocycles. The van der Waals surface area contributed by atoms with Crippen molar-refractivity contribution in [1.82, 2.24) is 14.9 Å². The quantitative estimate of drug-likeness (QED) is 0.331. The molecule has 0 aromatic heterocycles. The summed E-state index contributed by atoms with van der Waals surface area (Å²) in [6, 6.07) is 0.464. The second-order valence-electron chi connectivity index (χ2n) is 5.64. The topological polar surface area (TPSA) is 73.8 Å². The number of rotatable bonds is 8. The summed E-state index contributed by atoms with van der Waals surface area (Å²) in [5.41, 5.74) is 0. The highest BCUT2D eigenvalue weighted by atomic mass is 127. The van der Waals surface area contributed by atoms with Gasteiger partial charge in [-0.3, -0.25) is 4.99 Å². The van der Waals surface area contributed by atoms with Gasteiger partial charge >= 0.3 is 0 Å². The zero-order chi connectivity index (χ0) is 16.4. The van der Waals surface area contributed by atoms with Crippen molar-refractivity contribution in [3.05, 3.63) is 0 Å². The van der Waals surface area contributed by atoms with Gasteiger partial charge in [-0.25, -0.2) is 12.7 Å². The average molecular weight is 460 g/mol. The van der Waals surface area contributed by atoms with E-state index in [2.05, 4.69) is 15.6 Å². The number of nitrogens with one attached hydrogen (secondary N) is 2. The SMILES string of the molecule is CCNC(=NCCS(=O)(=O)N(CC)CC)NC1CCCCC1.I. The highest BCUT2D eigenvalue weighted by molar-refractivity contribution is 14.0. The van der Waals surface area contributed by atoms with E-state index >= 15 is 0 Å². The number of halogens is 1. The summed E-state index contributed by atoms with van der Waals surface area (Å²) >= 11 is 0. The molecule has 0 atom stereocenters. The lowest BCUT2D eigenvalue weighted by Crippen LogP contribution is -2.44. The van der Waals surface area contributed by atoms with Crippen LogP contribution in [0.3, 0.4) is 0 Å². The summed E-state index contributed by atoms with van der Waals surface area (Å²) in [7, 11) is -3.20. The summed E-state index contributed by atoms with van der Waals surface area (Å²) in [6.45, 7) is 7.84. The highest BCUT2D eigenvalue weighted by Crippen LogP contribution is 2.17. The standard InChI is InChI=1S/C15H32N4O2S.HI/c1-4-16-15(18-14-10-8-7-9-11-14)17-12-13-22(20,21)19(5-2)6-3;/h14H,4-13H2,1-3H3,(H2,16,17,18);1H. The maximum atomic E-state index is 12.1. The van der Waals surface area contributed by atoms with Gasteiger partial charge in [-0.2, -0.15) is 0 Å². The molecule has 0 saturated heterocycles. The van der Waals surface area contributed by atoms with E-state index < -0.39 is 10.0 Å². The first-order valence-corrected chi connectivity index (χ1v) is 10.2. The van der Waals surface area contributed by atoms with Crippen LogP contribution in [-0.2, 0) is 10.0 Å². The number of guanidine groups is 1. The van der Waals surface area contributed by atoms with Crippen molar-refractivity contribution in [2.24, 2.45) is 4.99 Å². The van der Waals surface area contributed by atoms with Crippen LogP contribution < -0.4 is 10.6 Å².